The second-order valence-electron chi connectivity index (χ2n) is 4.98. The van der Waals surface area contributed by atoms with Gasteiger partial charge in [-0.3, -0.25) is 0 Å². The lowest BCUT2D eigenvalue weighted by Crippen LogP contribution is -2.12. The maximum absolute atomic E-state index is 11.1. The Hall–Kier alpha value is -1.96. The fourth-order valence-electron chi connectivity index (χ4n) is 2.30. The zero-order valence-electron chi connectivity index (χ0n) is 11.3. The molecule has 1 aromatic carbocycles. The van der Waals surface area contributed by atoms with Gasteiger partial charge in [-0.05, 0) is 28.8 Å². The van der Waals surface area contributed by atoms with Crippen LogP contribution in [0, 0.1) is 0 Å². The number of aromatic nitrogens is 1. The van der Waals surface area contributed by atoms with E-state index in [1.165, 1.54) is 23.4 Å². The number of rotatable bonds is 4. The molecule has 1 aromatic heterocycles. The average molecular weight is 304 g/mol. The molecule has 1 aliphatic heterocycles. The highest BCUT2D eigenvalue weighted by molar-refractivity contribution is 7.89. The van der Waals surface area contributed by atoms with Gasteiger partial charge in [0.05, 0.1) is 0 Å². The van der Waals surface area contributed by atoms with E-state index in [4.69, 9.17) is 5.14 Å². The molecule has 0 unspecified atom stereocenters. The van der Waals surface area contributed by atoms with Crippen LogP contribution in [-0.4, -0.2) is 13.4 Å². The SMILES string of the molecule is NS(=O)(=O)c1ccc(NCc2ccc3c(c2)CNC3)nc1. The molecule has 0 spiro atoms. The summed E-state index contributed by atoms with van der Waals surface area (Å²) in [5.41, 5.74) is 3.83. The van der Waals surface area contributed by atoms with Gasteiger partial charge in [-0.15, -0.1) is 0 Å². The normalized spacial score (nSPS) is 14.0. The van der Waals surface area contributed by atoms with Gasteiger partial charge in [0.25, 0.3) is 0 Å². The Morgan fingerprint density at radius 2 is 2.00 bits per heavy atom. The van der Waals surface area contributed by atoms with Crippen molar-refractivity contribution in [2.75, 3.05) is 5.32 Å². The molecule has 0 saturated heterocycles. The van der Waals surface area contributed by atoms with Crippen LogP contribution in [0.3, 0.4) is 0 Å². The molecule has 0 fully saturated rings. The Morgan fingerprint density at radius 3 is 2.71 bits per heavy atom. The zero-order valence-corrected chi connectivity index (χ0v) is 12.2. The third-order valence-corrected chi connectivity index (χ3v) is 4.34. The van der Waals surface area contributed by atoms with Gasteiger partial charge in [0.1, 0.15) is 10.7 Å². The summed E-state index contributed by atoms with van der Waals surface area (Å²) in [6.07, 6.45) is 1.25. The van der Waals surface area contributed by atoms with Gasteiger partial charge in [-0.2, -0.15) is 0 Å². The van der Waals surface area contributed by atoms with Crippen molar-refractivity contribution in [2.24, 2.45) is 5.14 Å². The van der Waals surface area contributed by atoms with E-state index in [0.29, 0.717) is 12.4 Å². The Kier molecular flexibility index (Phi) is 3.62. The van der Waals surface area contributed by atoms with E-state index in [2.05, 4.69) is 33.8 Å². The molecule has 0 aliphatic carbocycles. The lowest BCUT2D eigenvalue weighted by atomic mass is 10.1. The van der Waals surface area contributed by atoms with E-state index in [1.807, 2.05) is 0 Å². The van der Waals surface area contributed by atoms with E-state index >= 15 is 0 Å². The Labute approximate surface area is 123 Å². The summed E-state index contributed by atoms with van der Waals surface area (Å²) in [6.45, 7) is 2.47. The summed E-state index contributed by atoms with van der Waals surface area (Å²) >= 11 is 0. The van der Waals surface area contributed by atoms with Gasteiger partial charge in [-0.25, -0.2) is 18.5 Å². The van der Waals surface area contributed by atoms with E-state index in [9.17, 15) is 8.42 Å². The number of hydrogen-bond donors (Lipinski definition) is 3. The van der Waals surface area contributed by atoms with Crippen LogP contribution >= 0.6 is 0 Å². The number of primary sulfonamides is 1. The van der Waals surface area contributed by atoms with Crippen LogP contribution in [0.1, 0.15) is 16.7 Å². The van der Waals surface area contributed by atoms with Crippen LogP contribution in [0.5, 0.6) is 0 Å². The zero-order chi connectivity index (χ0) is 14.9. The van der Waals surface area contributed by atoms with E-state index in [1.54, 1.807) is 6.07 Å². The topological polar surface area (TPSA) is 97.1 Å². The summed E-state index contributed by atoms with van der Waals surface area (Å²) in [5.74, 6) is 0.612. The first kappa shape index (κ1) is 14.0. The smallest absolute Gasteiger partial charge is 0.239 e. The van der Waals surface area contributed by atoms with E-state index in [0.717, 1.165) is 18.7 Å². The van der Waals surface area contributed by atoms with Gasteiger partial charge in [0.2, 0.25) is 10.0 Å². The number of nitrogens with two attached hydrogens (primary N) is 1. The molecule has 21 heavy (non-hydrogen) atoms. The van der Waals surface area contributed by atoms with Crippen LogP contribution in [0.25, 0.3) is 0 Å². The molecule has 2 heterocycles. The van der Waals surface area contributed by atoms with Gasteiger partial charge in [0, 0.05) is 25.8 Å². The first-order chi connectivity index (χ1) is 10.0. The number of pyridine rings is 1. The monoisotopic (exact) mass is 304 g/mol. The van der Waals surface area contributed by atoms with Crippen LogP contribution in [0.15, 0.2) is 41.4 Å². The van der Waals surface area contributed by atoms with Crippen molar-refractivity contribution in [3.63, 3.8) is 0 Å². The van der Waals surface area contributed by atoms with E-state index in [-0.39, 0.29) is 4.90 Å². The van der Waals surface area contributed by atoms with Crippen LogP contribution < -0.4 is 15.8 Å². The second-order valence-corrected chi connectivity index (χ2v) is 6.55. The minimum absolute atomic E-state index is 0.0108. The number of hydrogen-bond acceptors (Lipinski definition) is 5. The summed E-state index contributed by atoms with van der Waals surface area (Å²) in [4.78, 5) is 4.06. The van der Waals surface area contributed by atoms with Gasteiger partial charge >= 0.3 is 0 Å². The minimum atomic E-state index is -3.69. The Balaban J connectivity index is 1.68. The predicted octanol–water partition coefficient (Wildman–Crippen LogP) is 0.944. The molecule has 2 aromatic rings. The van der Waals surface area contributed by atoms with Crippen LogP contribution in [0.4, 0.5) is 5.82 Å². The molecule has 6 nitrogen and oxygen atoms in total. The highest BCUT2D eigenvalue weighted by Gasteiger charge is 2.10. The summed E-state index contributed by atoms with van der Waals surface area (Å²) < 4.78 is 22.3. The van der Waals surface area contributed by atoms with Crippen molar-refractivity contribution in [1.82, 2.24) is 10.3 Å². The Morgan fingerprint density at radius 1 is 1.19 bits per heavy atom. The first-order valence-corrected chi connectivity index (χ1v) is 8.11. The second kappa shape index (κ2) is 5.44. The maximum atomic E-state index is 11.1. The van der Waals surface area contributed by atoms with Gasteiger partial charge < -0.3 is 10.6 Å². The number of anilines is 1. The number of benzene rings is 1. The van der Waals surface area contributed by atoms with Crippen molar-refractivity contribution in [3.8, 4) is 0 Å². The molecular formula is C14H16N4O2S. The quantitative estimate of drug-likeness (QED) is 0.781. The molecule has 1 aliphatic rings. The number of nitrogens with zero attached hydrogens (tertiary/aromatic N) is 1. The fourth-order valence-corrected chi connectivity index (χ4v) is 2.76. The van der Waals surface area contributed by atoms with Crippen molar-refractivity contribution in [3.05, 3.63) is 53.2 Å². The summed E-state index contributed by atoms with van der Waals surface area (Å²) in [6, 6.07) is 9.43. The van der Waals surface area contributed by atoms with Crippen LogP contribution in [0.2, 0.25) is 0 Å². The number of sulfonamides is 1. The highest BCUT2D eigenvalue weighted by Crippen LogP contribution is 2.18. The average Bonchev–Trinajstić information content (AvgIpc) is 2.92. The lowest BCUT2D eigenvalue weighted by Gasteiger charge is -2.08. The first-order valence-electron chi connectivity index (χ1n) is 6.56. The molecular weight excluding hydrogens is 288 g/mol. The molecule has 0 atom stereocenters. The molecule has 0 amide bonds. The maximum Gasteiger partial charge on any atom is 0.239 e. The molecule has 3 rings (SSSR count). The largest absolute Gasteiger partial charge is 0.366 e. The standard InChI is InChI=1S/C14H16N4O2S/c15-21(19,20)13-3-4-14(18-9-13)17-6-10-1-2-11-7-16-8-12(11)5-10/h1-5,9,16H,6-8H2,(H,17,18)(H2,15,19,20). The number of nitrogens with one attached hydrogen (secondary N) is 2. The molecule has 0 bridgehead atoms. The van der Waals surface area contributed by atoms with Crippen LogP contribution in [-0.2, 0) is 29.7 Å². The van der Waals surface area contributed by atoms with Gasteiger partial charge in [-0.1, -0.05) is 18.2 Å². The van der Waals surface area contributed by atoms with Crippen molar-refractivity contribution >= 4 is 15.8 Å². The molecule has 110 valence electrons. The fraction of sp³-hybridized carbons (Fsp3) is 0.214. The van der Waals surface area contributed by atoms with Crippen molar-refractivity contribution in [2.45, 2.75) is 24.5 Å². The van der Waals surface area contributed by atoms with Crippen molar-refractivity contribution < 1.29 is 8.42 Å². The summed E-state index contributed by atoms with van der Waals surface area (Å²) in [7, 11) is -3.69. The third-order valence-electron chi connectivity index (χ3n) is 3.44. The molecule has 0 radical (unpaired) electrons. The molecule has 4 N–H and O–H groups in total. The van der Waals surface area contributed by atoms with Crippen molar-refractivity contribution in [1.29, 1.82) is 0 Å². The Bertz CT molecular complexity index is 757. The summed E-state index contributed by atoms with van der Waals surface area (Å²) in [5, 5.41) is 11.5. The lowest BCUT2D eigenvalue weighted by molar-refractivity contribution is 0.597. The predicted molar refractivity (Wildman–Crippen MR) is 79.9 cm³/mol. The molecule has 7 heteroatoms. The number of fused-ring (bicyclic) bond motifs is 1. The van der Waals surface area contributed by atoms with Gasteiger partial charge in [0.15, 0.2) is 0 Å². The highest BCUT2D eigenvalue weighted by atomic mass is 32.2. The van der Waals surface area contributed by atoms with E-state index < -0.39 is 10.0 Å². The third kappa shape index (κ3) is 3.21. The molecule has 0 saturated carbocycles. The minimum Gasteiger partial charge on any atom is -0.366 e.